The van der Waals surface area contributed by atoms with Crippen LogP contribution in [-0.4, -0.2) is 25.4 Å². The van der Waals surface area contributed by atoms with Crippen molar-refractivity contribution in [1.29, 1.82) is 0 Å². The van der Waals surface area contributed by atoms with Gasteiger partial charge in [0, 0.05) is 5.41 Å². The molecule has 4 N–H and O–H groups in total. The number of carbonyl (C=O) groups is 2. The molecule has 2 amide bonds. The lowest BCUT2D eigenvalue weighted by molar-refractivity contribution is 0.0341. The third-order valence-electron chi connectivity index (χ3n) is 2.45. The lowest BCUT2D eigenvalue weighted by Crippen LogP contribution is -2.34. The van der Waals surface area contributed by atoms with Gasteiger partial charge in [-0.2, -0.15) is 0 Å². The van der Waals surface area contributed by atoms with Gasteiger partial charge >= 0.3 is 12.2 Å². The van der Waals surface area contributed by atoms with E-state index in [0.29, 0.717) is 5.92 Å². The highest BCUT2D eigenvalue weighted by Crippen LogP contribution is 2.26. The number of hydrogen-bond acceptors (Lipinski definition) is 4. The standard InChI is InChI=1S/C11H22N2O4/c1-8(2)4-5-11(3,6-16-9(12)14)7-17-10(13)15/h8H,4-7H2,1-3H3,(H2,12,14)(H2,13,15). The normalized spacial score (nSPS) is 11.3. The number of hydrogen-bond donors (Lipinski definition) is 2. The third-order valence-corrected chi connectivity index (χ3v) is 2.45. The van der Waals surface area contributed by atoms with Crippen LogP contribution in [0.3, 0.4) is 0 Å². The fourth-order valence-electron chi connectivity index (χ4n) is 1.31. The highest BCUT2D eigenvalue weighted by atomic mass is 16.6. The topological polar surface area (TPSA) is 105 Å². The van der Waals surface area contributed by atoms with Crippen LogP contribution >= 0.6 is 0 Å². The Balaban J connectivity index is 4.33. The van der Waals surface area contributed by atoms with Gasteiger partial charge < -0.3 is 20.9 Å². The first-order valence-corrected chi connectivity index (χ1v) is 5.59. The van der Waals surface area contributed by atoms with Crippen molar-refractivity contribution in [2.24, 2.45) is 22.8 Å². The van der Waals surface area contributed by atoms with Crippen LogP contribution in [0, 0.1) is 11.3 Å². The predicted octanol–water partition coefficient (Wildman–Crippen LogP) is 1.62. The highest BCUT2D eigenvalue weighted by molar-refractivity contribution is 5.65. The van der Waals surface area contributed by atoms with Crippen LogP contribution in [0.5, 0.6) is 0 Å². The zero-order chi connectivity index (χ0) is 13.5. The molecule has 0 aliphatic rings. The van der Waals surface area contributed by atoms with Crippen molar-refractivity contribution in [1.82, 2.24) is 0 Å². The Morgan fingerprint density at radius 2 is 1.53 bits per heavy atom. The van der Waals surface area contributed by atoms with E-state index < -0.39 is 17.6 Å². The van der Waals surface area contributed by atoms with Gasteiger partial charge in [-0.05, 0) is 12.3 Å². The monoisotopic (exact) mass is 246 g/mol. The zero-order valence-corrected chi connectivity index (χ0v) is 10.7. The molecule has 0 aromatic carbocycles. The molecular formula is C11H22N2O4. The van der Waals surface area contributed by atoms with Crippen molar-refractivity contribution >= 4 is 12.2 Å². The Hall–Kier alpha value is -1.46. The Bertz CT molecular complexity index is 248. The zero-order valence-electron chi connectivity index (χ0n) is 10.7. The molecule has 0 saturated carbocycles. The molecule has 0 atom stereocenters. The number of amides is 2. The van der Waals surface area contributed by atoms with Crippen LogP contribution in [0.15, 0.2) is 0 Å². The SMILES string of the molecule is CC(C)CCC(C)(COC(N)=O)COC(N)=O. The van der Waals surface area contributed by atoms with Gasteiger partial charge in [-0.3, -0.25) is 0 Å². The number of primary amides is 2. The summed E-state index contributed by atoms with van der Waals surface area (Å²) in [5, 5.41) is 0. The van der Waals surface area contributed by atoms with Crippen molar-refractivity contribution in [2.45, 2.75) is 33.6 Å². The maximum absolute atomic E-state index is 10.6. The molecule has 0 saturated heterocycles. The van der Waals surface area contributed by atoms with Gasteiger partial charge in [0.1, 0.15) is 13.2 Å². The Morgan fingerprint density at radius 1 is 1.12 bits per heavy atom. The van der Waals surface area contributed by atoms with Crippen LogP contribution in [0.2, 0.25) is 0 Å². The number of carbonyl (C=O) groups excluding carboxylic acids is 2. The average molecular weight is 246 g/mol. The number of rotatable bonds is 7. The summed E-state index contributed by atoms with van der Waals surface area (Å²) < 4.78 is 9.56. The maximum atomic E-state index is 10.6. The second-order valence-electron chi connectivity index (χ2n) is 4.96. The van der Waals surface area contributed by atoms with Gasteiger partial charge in [0.15, 0.2) is 0 Å². The summed E-state index contributed by atoms with van der Waals surface area (Å²) in [6.07, 6.45) is 0.0195. The molecule has 0 aromatic heterocycles. The molecular weight excluding hydrogens is 224 g/mol. The van der Waals surface area contributed by atoms with E-state index in [1.165, 1.54) is 0 Å². The summed E-state index contributed by atoms with van der Waals surface area (Å²) in [5.74, 6) is 0.511. The van der Waals surface area contributed by atoms with Crippen molar-refractivity contribution in [3.63, 3.8) is 0 Å². The summed E-state index contributed by atoms with van der Waals surface area (Å²) in [7, 11) is 0. The molecule has 0 aliphatic carbocycles. The summed E-state index contributed by atoms with van der Waals surface area (Å²) in [6, 6.07) is 0. The van der Waals surface area contributed by atoms with Crippen LogP contribution in [0.25, 0.3) is 0 Å². The van der Waals surface area contributed by atoms with Crippen molar-refractivity contribution in [3.05, 3.63) is 0 Å². The summed E-state index contributed by atoms with van der Waals surface area (Å²) in [6.45, 7) is 6.26. The third kappa shape index (κ3) is 8.36. The molecule has 0 unspecified atom stereocenters. The van der Waals surface area contributed by atoms with Crippen LogP contribution in [-0.2, 0) is 9.47 Å². The molecule has 0 radical (unpaired) electrons. The first-order valence-electron chi connectivity index (χ1n) is 5.59. The fourth-order valence-corrected chi connectivity index (χ4v) is 1.31. The van der Waals surface area contributed by atoms with Gasteiger partial charge in [0.2, 0.25) is 0 Å². The summed E-state index contributed by atoms with van der Waals surface area (Å²) in [5.41, 5.74) is 9.39. The first-order chi connectivity index (χ1) is 7.75. The van der Waals surface area contributed by atoms with E-state index in [0.717, 1.165) is 12.8 Å². The smallest absolute Gasteiger partial charge is 0.404 e. The second-order valence-corrected chi connectivity index (χ2v) is 4.96. The Morgan fingerprint density at radius 3 is 1.82 bits per heavy atom. The van der Waals surface area contributed by atoms with Crippen molar-refractivity contribution in [3.8, 4) is 0 Å². The van der Waals surface area contributed by atoms with Gasteiger partial charge in [-0.1, -0.05) is 27.2 Å². The second kappa shape index (κ2) is 6.98. The maximum Gasteiger partial charge on any atom is 0.404 e. The van der Waals surface area contributed by atoms with E-state index >= 15 is 0 Å². The molecule has 0 spiro atoms. The minimum absolute atomic E-state index is 0.113. The van der Waals surface area contributed by atoms with E-state index in [4.69, 9.17) is 20.9 Å². The van der Waals surface area contributed by atoms with Crippen LogP contribution < -0.4 is 11.5 Å². The molecule has 0 bridgehead atoms. The highest BCUT2D eigenvalue weighted by Gasteiger charge is 2.28. The van der Waals surface area contributed by atoms with Gasteiger partial charge in [-0.25, -0.2) is 9.59 Å². The molecule has 17 heavy (non-hydrogen) atoms. The fraction of sp³-hybridized carbons (Fsp3) is 0.818. The lowest BCUT2D eigenvalue weighted by atomic mass is 9.85. The van der Waals surface area contributed by atoms with Gasteiger partial charge in [0.25, 0.3) is 0 Å². The molecule has 0 fully saturated rings. The Labute approximate surface area is 102 Å². The van der Waals surface area contributed by atoms with E-state index in [2.05, 4.69) is 13.8 Å². The molecule has 100 valence electrons. The van der Waals surface area contributed by atoms with Crippen LogP contribution in [0.1, 0.15) is 33.6 Å². The quantitative estimate of drug-likeness (QED) is 0.712. The van der Waals surface area contributed by atoms with Crippen LogP contribution in [0.4, 0.5) is 9.59 Å². The average Bonchev–Trinajstić information content (AvgIpc) is 2.21. The molecule has 0 heterocycles. The van der Waals surface area contributed by atoms with E-state index in [-0.39, 0.29) is 13.2 Å². The largest absolute Gasteiger partial charge is 0.449 e. The van der Waals surface area contributed by atoms with E-state index in [1.807, 2.05) is 6.92 Å². The Kier molecular flexibility index (Phi) is 6.38. The van der Waals surface area contributed by atoms with Crippen molar-refractivity contribution in [2.75, 3.05) is 13.2 Å². The van der Waals surface area contributed by atoms with E-state index in [1.54, 1.807) is 0 Å². The van der Waals surface area contributed by atoms with E-state index in [9.17, 15) is 9.59 Å². The minimum atomic E-state index is -0.833. The summed E-state index contributed by atoms with van der Waals surface area (Å²) >= 11 is 0. The molecule has 0 aliphatic heterocycles. The molecule has 0 rings (SSSR count). The molecule has 6 nitrogen and oxygen atoms in total. The summed E-state index contributed by atoms with van der Waals surface area (Å²) in [4.78, 5) is 21.2. The molecule has 0 aromatic rings. The van der Waals surface area contributed by atoms with Crippen molar-refractivity contribution < 1.29 is 19.1 Å². The number of nitrogens with two attached hydrogens (primary N) is 2. The van der Waals surface area contributed by atoms with Gasteiger partial charge in [-0.15, -0.1) is 0 Å². The lowest BCUT2D eigenvalue weighted by Gasteiger charge is -2.28. The minimum Gasteiger partial charge on any atom is -0.449 e. The predicted molar refractivity (Wildman–Crippen MR) is 63.2 cm³/mol. The molecule has 6 heteroatoms. The van der Waals surface area contributed by atoms with Gasteiger partial charge in [0.05, 0.1) is 0 Å². The first kappa shape index (κ1) is 15.5. The number of ether oxygens (including phenoxy) is 2.